The lowest BCUT2D eigenvalue weighted by Crippen LogP contribution is -2.29. The van der Waals surface area contributed by atoms with Crippen molar-refractivity contribution in [2.75, 3.05) is 18.1 Å². The summed E-state index contributed by atoms with van der Waals surface area (Å²) < 4.78 is 5.46. The van der Waals surface area contributed by atoms with Crippen LogP contribution in [0.3, 0.4) is 0 Å². The Morgan fingerprint density at radius 2 is 2.32 bits per heavy atom. The van der Waals surface area contributed by atoms with Crippen LogP contribution in [0.15, 0.2) is 12.4 Å². The predicted octanol–water partition coefficient (Wildman–Crippen LogP) is 1.71. The van der Waals surface area contributed by atoms with E-state index >= 15 is 0 Å². The molecule has 19 heavy (non-hydrogen) atoms. The van der Waals surface area contributed by atoms with E-state index in [4.69, 9.17) is 9.84 Å². The number of carboxylic acids is 1. The van der Waals surface area contributed by atoms with Gasteiger partial charge in [0.05, 0.1) is 25.4 Å². The number of hydrogen-bond acceptors (Lipinski definition) is 5. The minimum Gasteiger partial charge on any atom is -0.481 e. The average Bonchev–Trinajstić information content (AvgIpc) is 3.21. The lowest BCUT2D eigenvalue weighted by molar-refractivity contribution is -0.136. The number of hydrogen-bond donors (Lipinski definition) is 1. The van der Waals surface area contributed by atoms with Crippen LogP contribution in [-0.2, 0) is 4.79 Å². The largest absolute Gasteiger partial charge is 0.481 e. The van der Waals surface area contributed by atoms with Crippen molar-refractivity contribution >= 4 is 11.8 Å². The number of nitrogens with zero attached hydrogens (tertiary/aromatic N) is 3. The average molecular weight is 265 g/mol. The molecular formula is C13H19N3O3. The summed E-state index contributed by atoms with van der Waals surface area (Å²) in [6.07, 6.45) is 6.44. The molecule has 0 saturated heterocycles. The molecule has 0 unspecified atom stereocenters. The molecule has 1 aromatic heterocycles. The topological polar surface area (TPSA) is 75.5 Å². The SMILES string of the molecule is CCCOc1cncc(N(CCC(=O)O)C2CC2)n1. The van der Waals surface area contributed by atoms with Gasteiger partial charge < -0.3 is 14.7 Å². The molecule has 1 saturated carbocycles. The first-order valence-corrected chi connectivity index (χ1v) is 6.64. The summed E-state index contributed by atoms with van der Waals surface area (Å²) in [5.74, 6) is 0.412. The lowest BCUT2D eigenvalue weighted by atomic mass is 10.3. The van der Waals surface area contributed by atoms with E-state index < -0.39 is 5.97 Å². The van der Waals surface area contributed by atoms with E-state index in [0.29, 0.717) is 30.9 Å². The Morgan fingerprint density at radius 3 is 2.95 bits per heavy atom. The maximum atomic E-state index is 10.7. The number of aromatic nitrogens is 2. The van der Waals surface area contributed by atoms with Crippen molar-refractivity contribution in [1.82, 2.24) is 9.97 Å². The first-order valence-electron chi connectivity index (χ1n) is 6.64. The minimum absolute atomic E-state index is 0.109. The van der Waals surface area contributed by atoms with Gasteiger partial charge in [-0.25, -0.2) is 0 Å². The van der Waals surface area contributed by atoms with Crippen molar-refractivity contribution < 1.29 is 14.6 Å². The van der Waals surface area contributed by atoms with Gasteiger partial charge in [0.2, 0.25) is 5.88 Å². The van der Waals surface area contributed by atoms with Crippen molar-refractivity contribution in [2.45, 2.75) is 38.6 Å². The first-order chi connectivity index (χ1) is 9.20. The van der Waals surface area contributed by atoms with Gasteiger partial charge in [-0.05, 0) is 19.3 Å². The van der Waals surface area contributed by atoms with Crippen molar-refractivity contribution in [2.24, 2.45) is 0 Å². The number of ether oxygens (including phenoxy) is 1. The second kappa shape index (κ2) is 6.36. The molecule has 1 N–H and O–H groups in total. The van der Waals surface area contributed by atoms with Gasteiger partial charge in [0.15, 0.2) is 5.82 Å². The number of aliphatic carboxylic acids is 1. The molecule has 2 rings (SSSR count). The highest BCUT2D eigenvalue weighted by Crippen LogP contribution is 2.31. The van der Waals surface area contributed by atoms with Gasteiger partial charge in [-0.1, -0.05) is 6.92 Å². The van der Waals surface area contributed by atoms with Crippen LogP contribution >= 0.6 is 0 Å². The van der Waals surface area contributed by atoms with Gasteiger partial charge in [-0.2, -0.15) is 4.98 Å². The van der Waals surface area contributed by atoms with Crippen molar-refractivity contribution in [1.29, 1.82) is 0 Å². The van der Waals surface area contributed by atoms with Gasteiger partial charge in [0, 0.05) is 12.6 Å². The molecular weight excluding hydrogens is 246 g/mol. The van der Waals surface area contributed by atoms with Gasteiger partial charge in [0.1, 0.15) is 0 Å². The molecule has 0 radical (unpaired) electrons. The van der Waals surface area contributed by atoms with E-state index in [1.165, 1.54) is 0 Å². The van der Waals surface area contributed by atoms with E-state index in [2.05, 4.69) is 9.97 Å². The molecule has 0 spiro atoms. The molecule has 0 atom stereocenters. The number of rotatable bonds is 8. The summed E-state index contributed by atoms with van der Waals surface area (Å²) in [4.78, 5) is 21.2. The van der Waals surface area contributed by atoms with E-state index in [9.17, 15) is 4.79 Å². The van der Waals surface area contributed by atoms with Gasteiger partial charge >= 0.3 is 5.97 Å². The highest BCUT2D eigenvalue weighted by molar-refractivity contribution is 5.67. The Balaban J connectivity index is 2.05. The summed E-state index contributed by atoms with van der Waals surface area (Å²) >= 11 is 0. The first kappa shape index (κ1) is 13.6. The molecule has 0 bridgehead atoms. The normalized spacial score (nSPS) is 14.2. The van der Waals surface area contributed by atoms with Crippen LogP contribution in [0, 0.1) is 0 Å². The summed E-state index contributed by atoms with van der Waals surface area (Å²) in [5.41, 5.74) is 0. The summed E-state index contributed by atoms with van der Waals surface area (Å²) in [6, 6.07) is 0.398. The fourth-order valence-electron chi connectivity index (χ4n) is 1.84. The summed E-state index contributed by atoms with van der Waals surface area (Å²) in [5, 5.41) is 8.79. The quantitative estimate of drug-likeness (QED) is 0.771. The molecule has 1 fully saturated rings. The van der Waals surface area contributed by atoms with Crippen LogP contribution in [0.25, 0.3) is 0 Å². The third-order valence-corrected chi connectivity index (χ3v) is 2.90. The van der Waals surface area contributed by atoms with E-state index in [0.717, 1.165) is 19.3 Å². The van der Waals surface area contributed by atoms with Crippen LogP contribution in [0.1, 0.15) is 32.6 Å². The zero-order valence-corrected chi connectivity index (χ0v) is 11.1. The number of carbonyl (C=O) groups is 1. The lowest BCUT2D eigenvalue weighted by Gasteiger charge is -2.22. The molecule has 1 aromatic rings. The molecule has 1 aliphatic rings. The molecule has 1 heterocycles. The molecule has 6 heteroatoms. The zero-order chi connectivity index (χ0) is 13.7. The summed E-state index contributed by atoms with van der Waals surface area (Å²) in [6.45, 7) is 3.10. The van der Waals surface area contributed by atoms with Crippen molar-refractivity contribution in [3.05, 3.63) is 12.4 Å². The smallest absolute Gasteiger partial charge is 0.305 e. The third kappa shape index (κ3) is 4.08. The fraction of sp³-hybridized carbons (Fsp3) is 0.615. The number of carboxylic acid groups (broad SMARTS) is 1. The fourth-order valence-corrected chi connectivity index (χ4v) is 1.84. The predicted molar refractivity (Wildman–Crippen MR) is 70.4 cm³/mol. The van der Waals surface area contributed by atoms with E-state index in [1.807, 2.05) is 11.8 Å². The Hall–Kier alpha value is -1.85. The molecule has 104 valence electrons. The summed E-state index contributed by atoms with van der Waals surface area (Å²) in [7, 11) is 0. The Morgan fingerprint density at radius 1 is 1.53 bits per heavy atom. The maximum absolute atomic E-state index is 10.7. The molecule has 0 aliphatic heterocycles. The van der Waals surface area contributed by atoms with Crippen LogP contribution < -0.4 is 9.64 Å². The van der Waals surface area contributed by atoms with Gasteiger partial charge in [-0.15, -0.1) is 0 Å². The van der Waals surface area contributed by atoms with Crippen LogP contribution in [0.5, 0.6) is 5.88 Å². The van der Waals surface area contributed by atoms with Crippen molar-refractivity contribution in [3.8, 4) is 5.88 Å². The second-order valence-electron chi connectivity index (χ2n) is 4.63. The van der Waals surface area contributed by atoms with Crippen LogP contribution in [0.4, 0.5) is 5.82 Å². The van der Waals surface area contributed by atoms with Gasteiger partial charge in [-0.3, -0.25) is 9.78 Å². The van der Waals surface area contributed by atoms with Gasteiger partial charge in [0.25, 0.3) is 0 Å². The second-order valence-corrected chi connectivity index (χ2v) is 4.63. The standard InChI is InChI=1S/C13H19N3O3/c1-2-7-19-12-9-14-8-11(15-12)16(10-3-4-10)6-5-13(17)18/h8-10H,2-7H2,1H3,(H,17,18). The Kier molecular flexibility index (Phi) is 4.54. The van der Waals surface area contributed by atoms with Crippen LogP contribution in [0.2, 0.25) is 0 Å². The Labute approximate surface area is 112 Å². The molecule has 6 nitrogen and oxygen atoms in total. The van der Waals surface area contributed by atoms with E-state index in [-0.39, 0.29) is 6.42 Å². The van der Waals surface area contributed by atoms with E-state index in [1.54, 1.807) is 12.4 Å². The monoisotopic (exact) mass is 265 g/mol. The number of anilines is 1. The molecule has 0 amide bonds. The van der Waals surface area contributed by atoms with Crippen LogP contribution in [-0.4, -0.2) is 40.2 Å². The highest BCUT2D eigenvalue weighted by Gasteiger charge is 2.30. The Bertz CT molecular complexity index is 435. The maximum Gasteiger partial charge on any atom is 0.305 e. The van der Waals surface area contributed by atoms with Crippen molar-refractivity contribution in [3.63, 3.8) is 0 Å². The zero-order valence-electron chi connectivity index (χ0n) is 11.1. The highest BCUT2D eigenvalue weighted by atomic mass is 16.5. The third-order valence-electron chi connectivity index (χ3n) is 2.90. The molecule has 1 aliphatic carbocycles. The molecule has 0 aromatic carbocycles. The minimum atomic E-state index is -0.794.